The summed E-state index contributed by atoms with van der Waals surface area (Å²) in [6.45, 7) is 2.22. The number of nitrogens with zero attached hydrogens (tertiary/aromatic N) is 1. The first-order chi connectivity index (χ1) is 6.77. The van der Waals surface area contributed by atoms with Crippen molar-refractivity contribution in [3.8, 4) is 0 Å². The minimum atomic E-state index is -0.170. The van der Waals surface area contributed by atoms with Crippen LogP contribution in [0.2, 0.25) is 0 Å². The molecule has 1 aromatic rings. The van der Waals surface area contributed by atoms with Crippen LogP contribution >= 0.6 is 0 Å². The first-order valence-electron chi connectivity index (χ1n) is 4.62. The summed E-state index contributed by atoms with van der Waals surface area (Å²) < 4.78 is 0. The van der Waals surface area contributed by atoms with Crippen LogP contribution in [0.5, 0.6) is 0 Å². The van der Waals surface area contributed by atoms with E-state index in [0.717, 1.165) is 12.1 Å². The van der Waals surface area contributed by atoms with Crippen LogP contribution in [-0.4, -0.2) is 29.1 Å². The Morgan fingerprint density at radius 1 is 1.64 bits per heavy atom. The van der Waals surface area contributed by atoms with Crippen molar-refractivity contribution in [3.63, 3.8) is 0 Å². The number of aliphatic hydroxyl groups is 1. The van der Waals surface area contributed by atoms with Crippen LogP contribution in [0.3, 0.4) is 0 Å². The molecule has 1 rings (SSSR count). The third-order valence-electron chi connectivity index (χ3n) is 1.84. The number of hydrogen-bond acceptors (Lipinski definition) is 3. The van der Waals surface area contributed by atoms with Gasteiger partial charge in [0.2, 0.25) is 0 Å². The Morgan fingerprint density at radius 3 is 3.07 bits per heavy atom. The van der Waals surface area contributed by atoms with Gasteiger partial charge in [-0.2, -0.15) is 0 Å². The SMILES string of the molecule is CCc1cc(C(=O)NCCO)ccn1. The number of pyridine rings is 1. The van der Waals surface area contributed by atoms with E-state index in [2.05, 4.69) is 10.3 Å². The fourth-order valence-electron chi connectivity index (χ4n) is 1.08. The van der Waals surface area contributed by atoms with E-state index < -0.39 is 0 Å². The molecule has 1 amide bonds. The summed E-state index contributed by atoms with van der Waals surface area (Å²) in [6, 6.07) is 3.42. The zero-order valence-corrected chi connectivity index (χ0v) is 8.16. The molecule has 0 aliphatic heterocycles. The first kappa shape index (κ1) is 10.7. The molecular weight excluding hydrogens is 180 g/mol. The molecule has 1 heterocycles. The lowest BCUT2D eigenvalue weighted by molar-refractivity contribution is 0.0944. The topological polar surface area (TPSA) is 62.2 Å². The number of carbonyl (C=O) groups excluding carboxylic acids is 1. The van der Waals surface area contributed by atoms with Gasteiger partial charge >= 0.3 is 0 Å². The molecule has 0 fully saturated rings. The second-order valence-electron chi connectivity index (χ2n) is 2.87. The molecule has 0 spiro atoms. The van der Waals surface area contributed by atoms with Gasteiger partial charge in [-0.25, -0.2) is 0 Å². The quantitative estimate of drug-likeness (QED) is 0.727. The van der Waals surface area contributed by atoms with Crippen molar-refractivity contribution in [3.05, 3.63) is 29.6 Å². The summed E-state index contributed by atoms with van der Waals surface area (Å²) in [5, 5.41) is 11.1. The van der Waals surface area contributed by atoms with Gasteiger partial charge in [0.25, 0.3) is 5.91 Å². The van der Waals surface area contributed by atoms with Crippen molar-refractivity contribution >= 4 is 5.91 Å². The van der Waals surface area contributed by atoms with E-state index in [1.54, 1.807) is 18.3 Å². The largest absolute Gasteiger partial charge is 0.395 e. The van der Waals surface area contributed by atoms with Crippen molar-refractivity contribution in [2.75, 3.05) is 13.2 Å². The average Bonchev–Trinajstić information content (AvgIpc) is 2.26. The number of rotatable bonds is 4. The van der Waals surface area contributed by atoms with Gasteiger partial charge in [-0.05, 0) is 18.6 Å². The fraction of sp³-hybridized carbons (Fsp3) is 0.400. The monoisotopic (exact) mass is 194 g/mol. The third-order valence-corrected chi connectivity index (χ3v) is 1.84. The van der Waals surface area contributed by atoms with E-state index in [4.69, 9.17) is 5.11 Å². The van der Waals surface area contributed by atoms with Gasteiger partial charge in [0.15, 0.2) is 0 Å². The van der Waals surface area contributed by atoms with E-state index >= 15 is 0 Å². The van der Waals surface area contributed by atoms with E-state index in [1.165, 1.54) is 0 Å². The van der Waals surface area contributed by atoms with Crippen molar-refractivity contribution in [1.82, 2.24) is 10.3 Å². The molecule has 0 atom stereocenters. The molecule has 2 N–H and O–H groups in total. The number of carbonyl (C=O) groups is 1. The number of aryl methyl sites for hydroxylation is 1. The van der Waals surface area contributed by atoms with Gasteiger partial charge < -0.3 is 10.4 Å². The van der Waals surface area contributed by atoms with Gasteiger partial charge in [0, 0.05) is 24.0 Å². The average molecular weight is 194 g/mol. The van der Waals surface area contributed by atoms with Gasteiger partial charge in [0.1, 0.15) is 0 Å². The Labute approximate surface area is 83.0 Å². The summed E-state index contributed by atoms with van der Waals surface area (Å²) in [4.78, 5) is 15.5. The number of aliphatic hydroxyl groups excluding tert-OH is 1. The van der Waals surface area contributed by atoms with E-state index in [-0.39, 0.29) is 19.1 Å². The van der Waals surface area contributed by atoms with Gasteiger partial charge in [-0.1, -0.05) is 6.92 Å². The molecule has 0 saturated carbocycles. The highest BCUT2D eigenvalue weighted by Gasteiger charge is 2.04. The molecule has 14 heavy (non-hydrogen) atoms. The molecule has 4 heteroatoms. The Morgan fingerprint density at radius 2 is 2.43 bits per heavy atom. The lowest BCUT2D eigenvalue weighted by Gasteiger charge is -2.03. The minimum absolute atomic E-state index is 0.0442. The second-order valence-corrected chi connectivity index (χ2v) is 2.87. The molecule has 0 aromatic carbocycles. The maximum Gasteiger partial charge on any atom is 0.251 e. The molecule has 0 radical (unpaired) electrons. The number of aromatic nitrogens is 1. The Balaban J connectivity index is 2.69. The normalized spacial score (nSPS) is 9.86. The summed E-state index contributed by atoms with van der Waals surface area (Å²) in [6.07, 6.45) is 2.42. The summed E-state index contributed by atoms with van der Waals surface area (Å²) in [5.41, 5.74) is 1.48. The van der Waals surface area contributed by atoms with Gasteiger partial charge in [0.05, 0.1) is 6.61 Å². The van der Waals surface area contributed by atoms with Crippen LogP contribution in [0.15, 0.2) is 18.3 Å². The zero-order valence-electron chi connectivity index (χ0n) is 8.16. The van der Waals surface area contributed by atoms with Crippen molar-refractivity contribution in [2.24, 2.45) is 0 Å². The summed E-state index contributed by atoms with van der Waals surface area (Å²) >= 11 is 0. The van der Waals surface area contributed by atoms with E-state index in [1.807, 2.05) is 6.92 Å². The number of amides is 1. The molecule has 1 aromatic heterocycles. The maximum absolute atomic E-state index is 11.4. The molecular formula is C10H14N2O2. The second kappa shape index (κ2) is 5.34. The standard InChI is InChI=1S/C10H14N2O2/c1-2-9-7-8(3-4-11-9)10(14)12-5-6-13/h3-4,7,13H,2,5-6H2,1H3,(H,12,14). The van der Waals surface area contributed by atoms with E-state index in [0.29, 0.717) is 5.56 Å². The highest BCUT2D eigenvalue weighted by Crippen LogP contribution is 2.01. The van der Waals surface area contributed by atoms with Crippen LogP contribution in [0.4, 0.5) is 0 Å². The minimum Gasteiger partial charge on any atom is -0.395 e. The molecule has 0 unspecified atom stereocenters. The summed E-state index contributed by atoms with van der Waals surface area (Å²) in [5.74, 6) is -0.170. The first-order valence-corrected chi connectivity index (χ1v) is 4.62. The number of nitrogens with one attached hydrogen (secondary N) is 1. The van der Waals surface area contributed by atoms with Gasteiger partial charge in [-0.15, -0.1) is 0 Å². The molecule has 0 aliphatic carbocycles. The van der Waals surface area contributed by atoms with Crippen LogP contribution in [0, 0.1) is 0 Å². The predicted octanol–water partition coefficient (Wildman–Crippen LogP) is 0.366. The Bertz CT molecular complexity index is 313. The van der Waals surface area contributed by atoms with Crippen molar-refractivity contribution in [2.45, 2.75) is 13.3 Å². The van der Waals surface area contributed by atoms with Gasteiger partial charge in [-0.3, -0.25) is 9.78 Å². The smallest absolute Gasteiger partial charge is 0.251 e. The third kappa shape index (κ3) is 2.81. The lowest BCUT2D eigenvalue weighted by atomic mass is 10.2. The lowest BCUT2D eigenvalue weighted by Crippen LogP contribution is -2.26. The number of hydrogen-bond donors (Lipinski definition) is 2. The van der Waals surface area contributed by atoms with Crippen molar-refractivity contribution < 1.29 is 9.90 Å². The fourth-order valence-corrected chi connectivity index (χ4v) is 1.08. The predicted molar refractivity (Wildman–Crippen MR) is 53.0 cm³/mol. The molecule has 0 bridgehead atoms. The van der Waals surface area contributed by atoms with Crippen LogP contribution in [0.25, 0.3) is 0 Å². The van der Waals surface area contributed by atoms with Crippen molar-refractivity contribution in [1.29, 1.82) is 0 Å². The Kier molecular flexibility index (Phi) is 4.07. The molecule has 0 saturated heterocycles. The molecule has 0 aliphatic rings. The van der Waals surface area contributed by atoms with Crippen LogP contribution < -0.4 is 5.32 Å². The molecule has 76 valence electrons. The van der Waals surface area contributed by atoms with E-state index in [9.17, 15) is 4.79 Å². The highest BCUT2D eigenvalue weighted by atomic mass is 16.3. The Hall–Kier alpha value is -1.42. The van der Waals surface area contributed by atoms with Crippen LogP contribution in [0.1, 0.15) is 23.0 Å². The zero-order chi connectivity index (χ0) is 10.4. The maximum atomic E-state index is 11.4. The molecule has 4 nitrogen and oxygen atoms in total. The summed E-state index contributed by atoms with van der Waals surface area (Å²) in [7, 11) is 0. The van der Waals surface area contributed by atoms with Crippen LogP contribution in [-0.2, 0) is 6.42 Å². The highest BCUT2D eigenvalue weighted by molar-refractivity contribution is 5.94.